The number of carbonyl (C=O) groups is 3. The van der Waals surface area contributed by atoms with E-state index in [1.165, 1.54) is 154 Å². The third-order valence-electron chi connectivity index (χ3n) is 10.5. The van der Waals surface area contributed by atoms with Crippen LogP contribution in [-0.4, -0.2) is 37.2 Å². The van der Waals surface area contributed by atoms with Gasteiger partial charge < -0.3 is 14.2 Å². The third kappa shape index (κ3) is 41.4. The zero-order chi connectivity index (χ0) is 38.9. The van der Waals surface area contributed by atoms with E-state index in [1.54, 1.807) is 0 Å². The Kier molecular flexibility index (Phi) is 40.3. The van der Waals surface area contributed by atoms with Crippen molar-refractivity contribution in [2.75, 3.05) is 13.2 Å². The minimum absolute atomic E-state index is 0.0640. The first-order valence-corrected chi connectivity index (χ1v) is 23.4. The zero-order valence-corrected chi connectivity index (χ0v) is 36.0. The molecule has 1 atom stereocenters. The van der Waals surface area contributed by atoms with Crippen LogP contribution in [0.2, 0.25) is 0 Å². The largest absolute Gasteiger partial charge is 0.462 e. The Morgan fingerprint density at radius 2 is 0.623 bits per heavy atom. The molecule has 0 rings (SSSR count). The van der Waals surface area contributed by atoms with Crippen LogP contribution in [0.1, 0.15) is 259 Å². The normalized spacial score (nSPS) is 11.9. The summed E-state index contributed by atoms with van der Waals surface area (Å²) in [6, 6.07) is 0. The highest BCUT2D eigenvalue weighted by atomic mass is 16.6. The first kappa shape index (κ1) is 51.4. The molecule has 6 heteroatoms. The smallest absolute Gasteiger partial charge is 0.306 e. The maximum atomic E-state index is 12.6. The molecule has 0 spiro atoms. The second kappa shape index (κ2) is 41.6. The number of hydrogen-bond donors (Lipinski definition) is 0. The van der Waals surface area contributed by atoms with Gasteiger partial charge in [-0.2, -0.15) is 0 Å². The van der Waals surface area contributed by atoms with E-state index in [4.69, 9.17) is 14.2 Å². The maximum absolute atomic E-state index is 12.6. The summed E-state index contributed by atoms with van der Waals surface area (Å²) in [7, 11) is 0. The monoisotopic (exact) mass is 751 g/mol. The van der Waals surface area contributed by atoms with Gasteiger partial charge in [0.15, 0.2) is 6.10 Å². The molecule has 0 aliphatic carbocycles. The average Bonchev–Trinajstić information content (AvgIpc) is 3.14. The summed E-state index contributed by atoms with van der Waals surface area (Å²) in [5, 5.41) is 0. The Morgan fingerprint density at radius 3 is 0.925 bits per heavy atom. The molecule has 0 unspecified atom stereocenters. The quantitative estimate of drug-likeness (QED) is 0.0351. The second-order valence-electron chi connectivity index (χ2n) is 16.5. The van der Waals surface area contributed by atoms with E-state index < -0.39 is 6.10 Å². The summed E-state index contributed by atoms with van der Waals surface area (Å²) in [5.41, 5.74) is 0. The standard InChI is InChI=1S/C47H90O6/c1-5-7-9-11-13-14-15-16-20-23-27-30-34-38-45(48)51-41-44(53-47(50)40-36-32-25-12-10-8-6-2)42-52-46(49)39-35-31-28-24-21-18-17-19-22-26-29-33-37-43(3)4/h43-44H,5-42H2,1-4H3/t44-/m1/s1. The lowest BCUT2D eigenvalue weighted by atomic mass is 10.0. The molecule has 0 fully saturated rings. The minimum atomic E-state index is -0.758. The van der Waals surface area contributed by atoms with E-state index in [1.807, 2.05) is 0 Å². The van der Waals surface area contributed by atoms with Gasteiger partial charge in [-0.05, 0) is 25.2 Å². The van der Waals surface area contributed by atoms with E-state index in [-0.39, 0.29) is 31.1 Å². The second-order valence-corrected chi connectivity index (χ2v) is 16.5. The maximum Gasteiger partial charge on any atom is 0.306 e. The van der Waals surface area contributed by atoms with Crippen LogP contribution in [0.25, 0.3) is 0 Å². The lowest BCUT2D eigenvalue weighted by Crippen LogP contribution is -2.30. The highest BCUT2D eigenvalue weighted by Gasteiger charge is 2.19. The molecule has 0 heterocycles. The van der Waals surface area contributed by atoms with Crippen molar-refractivity contribution in [1.29, 1.82) is 0 Å². The van der Waals surface area contributed by atoms with Crippen molar-refractivity contribution in [2.24, 2.45) is 5.92 Å². The van der Waals surface area contributed by atoms with Gasteiger partial charge in [0, 0.05) is 19.3 Å². The lowest BCUT2D eigenvalue weighted by molar-refractivity contribution is -0.167. The Bertz CT molecular complexity index is 796. The minimum Gasteiger partial charge on any atom is -0.462 e. The fraction of sp³-hybridized carbons (Fsp3) is 0.936. The van der Waals surface area contributed by atoms with E-state index >= 15 is 0 Å². The molecule has 0 aromatic carbocycles. The van der Waals surface area contributed by atoms with Gasteiger partial charge in [0.05, 0.1) is 0 Å². The van der Waals surface area contributed by atoms with Crippen LogP contribution in [0.5, 0.6) is 0 Å². The van der Waals surface area contributed by atoms with Gasteiger partial charge >= 0.3 is 17.9 Å². The molecule has 0 aromatic heterocycles. The number of rotatable bonds is 42. The van der Waals surface area contributed by atoms with Crippen molar-refractivity contribution in [3.8, 4) is 0 Å². The van der Waals surface area contributed by atoms with Crippen molar-refractivity contribution in [1.82, 2.24) is 0 Å². The number of unbranched alkanes of at least 4 members (excludes halogenated alkanes) is 29. The SMILES string of the molecule is CCCCCCCCCCCCCCCC(=O)OC[C@H](COC(=O)CCCCCCCCCCCCCCC(C)C)OC(=O)CCCCCCCCC. The summed E-state index contributed by atoms with van der Waals surface area (Å²) in [6.07, 6.45) is 40.9. The molecular weight excluding hydrogens is 661 g/mol. The van der Waals surface area contributed by atoms with Crippen LogP contribution in [0.15, 0.2) is 0 Å². The van der Waals surface area contributed by atoms with Crippen LogP contribution in [0.3, 0.4) is 0 Å². The van der Waals surface area contributed by atoms with Gasteiger partial charge in [-0.25, -0.2) is 0 Å². The molecule has 0 bridgehead atoms. The molecule has 0 saturated carbocycles. The number of carbonyl (C=O) groups excluding carboxylic acids is 3. The molecule has 0 aliphatic heterocycles. The van der Waals surface area contributed by atoms with Crippen molar-refractivity contribution < 1.29 is 28.6 Å². The van der Waals surface area contributed by atoms with Crippen LogP contribution < -0.4 is 0 Å². The van der Waals surface area contributed by atoms with E-state index in [0.717, 1.165) is 63.7 Å². The molecule has 0 aliphatic rings. The molecule has 0 radical (unpaired) electrons. The van der Waals surface area contributed by atoms with Crippen LogP contribution in [0, 0.1) is 5.92 Å². The summed E-state index contributed by atoms with van der Waals surface area (Å²) >= 11 is 0. The number of ether oxygens (including phenoxy) is 3. The van der Waals surface area contributed by atoms with Crippen LogP contribution in [0.4, 0.5) is 0 Å². The summed E-state index contributed by atoms with van der Waals surface area (Å²) < 4.78 is 16.7. The lowest BCUT2D eigenvalue weighted by Gasteiger charge is -2.18. The van der Waals surface area contributed by atoms with Gasteiger partial charge in [-0.15, -0.1) is 0 Å². The predicted molar refractivity (Wildman–Crippen MR) is 224 cm³/mol. The summed E-state index contributed by atoms with van der Waals surface area (Å²) in [5.74, 6) is -0.0246. The number of esters is 3. The molecule has 6 nitrogen and oxygen atoms in total. The van der Waals surface area contributed by atoms with Crippen LogP contribution in [-0.2, 0) is 28.6 Å². The van der Waals surface area contributed by atoms with Gasteiger partial charge in [0.1, 0.15) is 13.2 Å². The fourth-order valence-corrected chi connectivity index (χ4v) is 6.98. The van der Waals surface area contributed by atoms with Crippen molar-refractivity contribution in [3.05, 3.63) is 0 Å². The summed E-state index contributed by atoms with van der Waals surface area (Å²) in [6.45, 7) is 8.96. The Balaban J connectivity index is 4.21. The van der Waals surface area contributed by atoms with Gasteiger partial charge in [0.25, 0.3) is 0 Å². The third-order valence-corrected chi connectivity index (χ3v) is 10.5. The molecule has 0 amide bonds. The van der Waals surface area contributed by atoms with Crippen molar-refractivity contribution in [3.63, 3.8) is 0 Å². The summed E-state index contributed by atoms with van der Waals surface area (Å²) in [4.78, 5) is 37.6. The Labute approximate surface area is 329 Å². The first-order valence-electron chi connectivity index (χ1n) is 23.4. The fourth-order valence-electron chi connectivity index (χ4n) is 6.98. The van der Waals surface area contributed by atoms with Crippen molar-refractivity contribution in [2.45, 2.75) is 265 Å². The number of hydrogen-bond acceptors (Lipinski definition) is 6. The van der Waals surface area contributed by atoms with E-state index in [0.29, 0.717) is 19.3 Å². The average molecular weight is 751 g/mol. The van der Waals surface area contributed by atoms with E-state index in [2.05, 4.69) is 27.7 Å². The van der Waals surface area contributed by atoms with E-state index in [9.17, 15) is 14.4 Å². The molecule has 0 saturated heterocycles. The predicted octanol–water partition coefficient (Wildman–Crippen LogP) is 14.7. The zero-order valence-electron chi connectivity index (χ0n) is 36.0. The molecular formula is C47H90O6. The topological polar surface area (TPSA) is 78.9 Å². The highest BCUT2D eigenvalue weighted by Crippen LogP contribution is 2.16. The van der Waals surface area contributed by atoms with Gasteiger partial charge in [-0.3, -0.25) is 14.4 Å². The highest BCUT2D eigenvalue weighted by molar-refractivity contribution is 5.71. The van der Waals surface area contributed by atoms with Crippen molar-refractivity contribution >= 4 is 17.9 Å². The Hall–Kier alpha value is -1.59. The van der Waals surface area contributed by atoms with Crippen LogP contribution >= 0.6 is 0 Å². The first-order chi connectivity index (χ1) is 25.9. The van der Waals surface area contributed by atoms with Gasteiger partial charge in [-0.1, -0.05) is 220 Å². The molecule has 0 N–H and O–H groups in total. The molecule has 314 valence electrons. The molecule has 53 heavy (non-hydrogen) atoms. The van der Waals surface area contributed by atoms with Gasteiger partial charge in [0.2, 0.25) is 0 Å². The molecule has 0 aromatic rings. The Morgan fingerprint density at radius 1 is 0.358 bits per heavy atom.